The smallest absolute Gasteiger partial charge is 0.256 e. The van der Waals surface area contributed by atoms with Gasteiger partial charge in [-0.15, -0.1) is 0 Å². The number of sulfonamides is 1. The number of nitrogens with zero attached hydrogens (tertiary/aromatic N) is 4. The third-order valence-electron chi connectivity index (χ3n) is 5.50. The van der Waals surface area contributed by atoms with E-state index in [1.54, 1.807) is 33.2 Å². The fraction of sp³-hybridized carbons (Fsp3) is 0.476. The number of aromatic nitrogens is 2. The standard InChI is InChI=1S/C21H28N4O4S/c1-13-10-18(29-6)19(11-14(13)2)30(27,28)25-9-7-8-17(25)20-22-12-16(15(3)23-20)21(26)24(4)5/h10-12,17H,7-9H2,1-6H3. The molecule has 0 aliphatic carbocycles. The molecule has 0 bridgehead atoms. The minimum atomic E-state index is -3.82. The molecule has 0 saturated carbocycles. The number of hydrogen-bond acceptors (Lipinski definition) is 6. The van der Waals surface area contributed by atoms with E-state index in [2.05, 4.69) is 9.97 Å². The average molecular weight is 433 g/mol. The summed E-state index contributed by atoms with van der Waals surface area (Å²) >= 11 is 0. The number of methoxy groups -OCH3 is 1. The van der Waals surface area contributed by atoms with Crippen LogP contribution < -0.4 is 4.74 Å². The lowest BCUT2D eigenvalue weighted by Crippen LogP contribution is -2.32. The number of hydrogen-bond donors (Lipinski definition) is 0. The predicted octanol–water partition coefficient (Wildman–Crippen LogP) is 2.64. The van der Waals surface area contributed by atoms with Crippen LogP contribution in [-0.4, -0.2) is 61.2 Å². The van der Waals surface area contributed by atoms with Gasteiger partial charge in [-0.25, -0.2) is 18.4 Å². The number of carbonyl (C=O) groups is 1. The van der Waals surface area contributed by atoms with Crippen molar-refractivity contribution in [3.63, 3.8) is 0 Å². The summed E-state index contributed by atoms with van der Waals surface area (Å²) in [5, 5.41) is 0. The highest BCUT2D eigenvalue weighted by Gasteiger charge is 2.39. The van der Waals surface area contributed by atoms with Crippen molar-refractivity contribution in [2.24, 2.45) is 0 Å². The van der Waals surface area contributed by atoms with E-state index < -0.39 is 16.1 Å². The third-order valence-corrected chi connectivity index (χ3v) is 7.43. The summed E-state index contributed by atoms with van der Waals surface area (Å²) in [6.45, 7) is 5.91. The molecule has 1 aliphatic rings. The summed E-state index contributed by atoms with van der Waals surface area (Å²) in [5.41, 5.74) is 2.78. The average Bonchev–Trinajstić information content (AvgIpc) is 3.19. The highest BCUT2D eigenvalue weighted by Crippen LogP contribution is 2.38. The molecule has 2 heterocycles. The SMILES string of the molecule is COc1cc(C)c(C)cc1S(=O)(=O)N1CCCC1c1ncc(C(=O)N(C)C)c(C)n1. The zero-order valence-electron chi connectivity index (χ0n) is 18.3. The number of aryl methyl sites for hydroxylation is 3. The lowest BCUT2D eigenvalue weighted by atomic mass is 10.1. The molecule has 9 heteroatoms. The van der Waals surface area contributed by atoms with Crippen LogP contribution in [0.15, 0.2) is 23.2 Å². The van der Waals surface area contributed by atoms with Crippen LogP contribution in [-0.2, 0) is 10.0 Å². The van der Waals surface area contributed by atoms with Gasteiger partial charge in [0.1, 0.15) is 16.5 Å². The number of rotatable bonds is 5. The maximum absolute atomic E-state index is 13.5. The van der Waals surface area contributed by atoms with Crippen LogP contribution in [0.5, 0.6) is 5.75 Å². The molecule has 1 amide bonds. The van der Waals surface area contributed by atoms with Gasteiger partial charge in [-0.3, -0.25) is 4.79 Å². The Morgan fingerprint density at radius 2 is 1.87 bits per heavy atom. The molecule has 1 aromatic heterocycles. The van der Waals surface area contributed by atoms with E-state index in [9.17, 15) is 13.2 Å². The molecule has 0 N–H and O–H groups in total. The maximum Gasteiger partial charge on any atom is 0.256 e. The monoisotopic (exact) mass is 432 g/mol. The van der Waals surface area contributed by atoms with E-state index in [-0.39, 0.29) is 10.8 Å². The molecule has 1 aromatic carbocycles. The van der Waals surface area contributed by atoms with Crippen molar-refractivity contribution >= 4 is 15.9 Å². The fourth-order valence-corrected chi connectivity index (χ4v) is 5.51. The third kappa shape index (κ3) is 3.91. The van der Waals surface area contributed by atoms with Gasteiger partial charge in [0.2, 0.25) is 10.0 Å². The molecule has 1 unspecified atom stereocenters. The van der Waals surface area contributed by atoms with Crippen molar-refractivity contribution in [1.82, 2.24) is 19.2 Å². The predicted molar refractivity (Wildman–Crippen MR) is 113 cm³/mol. The normalized spacial score (nSPS) is 17.2. The molecule has 0 spiro atoms. The van der Waals surface area contributed by atoms with Crippen LogP contribution in [0.25, 0.3) is 0 Å². The van der Waals surface area contributed by atoms with Gasteiger partial charge >= 0.3 is 0 Å². The molecule has 1 saturated heterocycles. The van der Waals surface area contributed by atoms with Crippen molar-refractivity contribution in [2.75, 3.05) is 27.7 Å². The maximum atomic E-state index is 13.5. The zero-order chi connectivity index (χ0) is 22.2. The summed E-state index contributed by atoms with van der Waals surface area (Å²) in [5.74, 6) is 0.550. The molecule has 1 atom stereocenters. The Kier molecular flexibility index (Phi) is 6.14. The highest BCUT2D eigenvalue weighted by atomic mass is 32.2. The van der Waals surface area contributed by atoms with Gasteiger partial charge in [0.15, 0.2) is 0 Å². The second-order valence-corrected chi connectivity index (χ2v) is 9.65. The minimum absolute atomic E-state index is 0.149. The van der Waals surface area contributed by atoms with Crippen LogP contribution in [0.2, 0.25) is 0 Å². The fourth-order valence-electron chi connectivity index (χ4n) is 3.63. The van der Waals surface area contributed by atoms with Crippen molar-refractivity contribution < 1.29 is 17.9 Å². The molecular formula is C21H28N4O4S. The molecule has 2 aromatic rings. The van der Waals surface area contributed by atoms with E-state index in [1.807, 2.05) is 13.8 Å². The number of carbonyl (C=O) groups excluding carboxylic acids is 1. The lowest BCUT2D eigenvalue weighted by Gasteiger charge is -2.25. The van der Waals surface area contributed by atoms with Gasteiger partial charge in [0.05, 0.1) is 24.4 Å². The van der Waals surface area contributed by atoms with Crippen LogP contribution in [0.1, 0.15) is 51.9 Å². The summed E-state index contributed by atoms with van der Waals surface area (Å²) in [6, 6.07) is 2.92. The Bertz CT molecular complexity index is 1080. The van der Waals surface area contributed by atoms with Crippen molar-refractivity contribution in [3.05, 3.63) is 46.5 Å². The van der Waals surface area contributed by atoms with E-state index in [0.717, 1.165) is 11.1 Å². The Morgan fingerprint density at radius 3 is 2.47 bits per heavy atom. The summed E-state index contributed by atoms with van der Waals surface area (Å²) < 4.78 is 33.9. The Labute approximate surface area is 177 Å². The minimum Gasteiger partial charge on any atom is -0.495 e. The van der Waals surface area contributed by atoms with Gasteiger partial charge in [0, 0.05) is 26.8 Å². The molecule has 162 valence electrons. The van der Waals surface area contributed by atoms with Crippen molar-refractivity contribution in [3.8, 4) is 5.75 Å². The van der Waals surface area contributed by atoms with Crippen LogP contribution in [0.4, 0.5) is 0 Å². The summed E-state index contributed by atoms with van der Waals surface area (Å²) in [4.78, 5) is 22.7. The Morgan fingerprint density at radius 1 is 1.20 bits per heavy atom. The number of ether oxygens (including phenoxy) is 1. The van der Waals surface area contributed by atoms with Gasteiger partial charge in [-0.05, 0) is 56.9 Å². The second kappa shape index (κ2) is 8.31. The van der Waals surface area contributed by atoms with Gasteiger partial charge in [-0.1, -0.05) is 0 Å². The van der Waals surface area contributed by atoms with Gasteiger partial charge in [0.25, 0.3) is 5.91 Å². The quantitative estimate of drug-likeness (QED) is 0.721. The number of benzene rings is 1. The summed E-state index contributed by atoms with van der Waals surface area (Å²) in [7, 11) is 0.981. The van der Waals surface area contributed by atoms with Crippen molar-refractivity contribution in [2.45, 2.75) is 44.6 Å². The van der Waals surface area contributed by atoms with Crippen molar-refractivity contribution in [1.29, 1.82) is 0 Å². The Hall–Kier alpha value is -2.52. The zero-order valence-corrected chi connectivity index (χ0v) is 19.1. The Balaban J connectivity index is 2.01. The van der Waals surface area contributed by atoms with Crippen LogP contribution in [0.3, 0.4) is 0 Å². The lowest BCUT2D eigenvalue weighted by molar-refractivity contribution is 0.0825. The van der Waals surface area contributed by atoms with Crippen LogP contribution >= 0.6 is 0 Å². The summed E-state index contributed by atoms with van der Waals surface area (Å²) in [6.07, 6.45) is 2.81. The van der Waals surface area contributed by atoms with E-state index >= 15 is 0 Å². The highest BCUT2D eigenvalue weighted by molar-refractivity contribution is 7.89. The van der Waals surface area contributed by atoms with Gasteiger partial charge < -0.3 is 9.64 Å². The largest absolute Gasteiger partial charge is 0.495 e. The first-order chi connectivity index (χ1) is 14.1. The molecule has 1 fully saturated rings. The molecule has 1 aliphatic heterocycles. The van der Waals surface area contributed by atoms with Crippen LogP contribution in [0, 0.1) is 20.8 Å². The van der Waals surface area contributed by atoms with E-state index in [0.29, 0.717) is 42.2 Å². The number of amides is 1. The molecule has 3 rings (SSSR count). The topological polar surface area (TPSA) is 92.7 Å². The molecule has 30 heavy (non-hydrogen) atoms. The first-order valence-electron chi connectivity index (χ1n) is 9.80. The first kappa shape index (κ1) is 22.2. The molecule has 0 radical (unpaired) electrons. The molecule has 8 nitrogen and oxygen atoms in total. The molecular weight excluding hydrogens is 404 g/mol. The van der Waals surface area contributed by atoms with Gasteiger partial charge in [-0.2, -0.15) is 4.31 Å². The second-order valence-electron chi connectivity index (χ2n) is 7.79. The van der Waals surface area contributed by atoms with E-state index in [1.165, 1.54) is 22.5 Å². The van der Waals surface area contributed by atoms with E-state index in [4.69, 9.17) is 4.74 Å². The first-order valence-corrected chi connectivity index (χ1v) is 11.2.